The summed E-state index contributed by atoms with van der Waals surface area (Å²) >= 11 is 7.80. The van der Waals surface area contributed by atoms with Gasteiger partial charge in [0.05, 0.1) is 40.4 Å². The third-order valence-corrected chi connectivity index (χ3v) is 7.80. The standard InChI is InChI=1S/C33H25ClN2O7S/c1-42-27-16-22(15-26(34)29(27)43-19-21-6-5-7-24(14-21)32(40)41)17-28-30(37)36(18-20-10-12-23(13-11-20)31(38)39)33(44-28)35-25-8-3-2-4-9-25/h2-17H,18-19H2,1H3,(H,38,39)(H,40,41)/b28-17+,35-33?. The molecule has 4 aromatic carbocycles. The molecule has 0 saturated carbocycles. The number of aliphatic imine (C=N–C) groups is 1. The van der Waals surface area contributed by atoms with Gasteiger partial charge in [-0.15, -0.1) is 0 Å². The number of amidine groups is 1. The van der Waals surface area contributed by atoms with E-state index < -0.39 is 11.9 Å². The molecule has 0 aliphatic carbocycles. The van der Waals surface area contributed by atoms with Crippen LogP contribution in [0.5, 0.6) is 11.5 Å². The molecule has 1 aliphatic heterocycles. The van der Waals surface area contributed by atoms with Crippen LogP contribution in [0.15, 0.2) is 101 Å². The second kappa shape index (κ2) is 13.5. The first kappa shape index (κ1) is 30.4. The summed E-state index contributed by atoms with van der Waals surface area (Å²) in [5, 5.41) is 19.2. The Morgan fingerprint density at radius 3 is 2.32 bits per heavy atom. The molecule has 1 amide bonds. The first-order valence-electron chi connectivity index (χ1n) is 13.2. The molecule has 11 heteroatoms. The zero-order valence-corrected chi connectivity index (χ0v) is 24.8. The highest BCUT2D eigenvalue weighted by atomic mass is 35.5. The largest absolute Gasteiger partial charge is 0.493 e. The maximum absolute atomic E-state index is 13.7. The van der Waals surface area contributed by atoms with Crippen LogP contribution in [0, 0.1) is 0 Å². The number of carboxylic acids is 2. The number of benzene rings is 4. The summed E-state index contributed by atoms with van der Waals surface area (Å²) in [6.07, 6.45) is 1.69. The lowest BCUT2D eigenvalue weighted by atomic mass is 10.1. The molecule has 2 N–H and O–H groups in total. The molecule has 222 valence electrons. The summed E-state index contributed by atoms with van der Waals surface area (Å²) in [5.74, 6) is -1.73. The number of carbonyl (C=O) groups is 3. The summed E-state index contributed by atoms with van der Waals surface area (Å²) in [5.41, 5.74) is 2.95. The van der Waals surface area contributed by atoms with Crippen molar-refractivity contribution in [3.63, 3.8) is 0 Å². The Morgan fingerprint density at radius 1 is 0.909 bits per heavy atom. The van der Waals surface area contributed by atoms with Crippen LogP contribution in [0.2, 0.25) is 5.02 Å². The molecule has 5 rings (SSSR count). The van der Waals surface area contributed by atoms with Crippen LogP contribution in [0.25, 0.3) is 6.08 Å². The van der Waals surface area contributed by atoms with Gasteiger partial charge in [-0.05, 0) is 83.1 Å². The van der Waals surface area contributed by atoms with Crippen LogP contribution >= 0.6 is 23.4 Å². The van der Waals surface area contributed by atoms with Crippen LogP contribution in [-0.4, -0.2) is 45.2 Å². The third kappa shape index (κ3) is 7.11. The topological polar surface area (TPSA) is 126 Å². The van der Waals surface area contributed by atoms with Crippen LogP contribution in [0.4, 0.5) is 5.69 Å². The molecule has 44 heavy (non-hydrogen) atoms. The fourth-order valence-electron chi connectivity index (χ4n) is 4.34. The molecule has 0 bridgehead atoms. The SMILES string of the molecule is COc1cc(/C=C2/SC(=Nc3ccccc3)N(Cc3ccc(C(=O)O)cc3)C2=O)cc(Cl)c1OCc1cccc(C(=O)O)c1. The normalized spacial score (nSPS) is 14.7. The van der Waals surface area contributed by atoms with Gasteiger partial charge in [-0.25, -0.2) is 14.6 Å². The number of carboxylic acid groups (broad SMARTS) is 2. The number of carbonyl (C=O) groups excluding carboxylic acids is 1. The second-order valence-corrected chi connectivity index (χ2v) is 11.0. The molecule has 0 unspecified atom stereocenters. The van der Waals surface area contributed by atoms with Crippen LogP contribution in [-0.2, 0) is 17.9 Å². The van der Waals surface area contributed by atoms with Crippen LogP contribution in [0.3, 0.4) is 0 Å². The van der Waals surface area contributed by atoms with E-state index in [-0.39, 0.29) is 41.0 Å². The number of nitrogens with zero attached hydrogens (tertiary/aromatic N) is 2. The number of thioether (sulfide) groups is 1. The van der Waals surface area contributed by atoms with Gasteiger partial charge in [0, 0.05) is 0 Å². The lowest BCUT2D eigenvalue weighted by Gasteiger charge is -2.16. The molecule has 1 aliphatic rings. The number of ether oxygens (including phenoxy) is 2. The van der Waals surface area contributed by atoms with E-state index in [1.165, 1.54) is 43.1 Å². The number of hydrogen-bond acceptors (Lipinski definition) is 7. The smallest absolute Gasteiger partial charge is 0.335 e. The van der Waals surface area contributed by atoms with Crippen molar-refractivity contribution in [3.8, 4) is 11.5 Å². The van der Waals surface area contributed by atoms with Crippen molar-refractivity contribution in [2.75, 3.05) is 7.11 Å². The first-order valence-corrected chi connectivity index (χ1v) is 14.4. The van der Waals surface area contributed by atoms with Crippen molar-refractivity contribution >= 4 is 58.1 Å². The van der Waals surface area contributed by atoms with Crippen molar-refractivity contribution in [3.05, 3.63) is 129 Å². The van der Waals surface area contributed by atoms with Crippen molar-refractivity contribution in [1.82, 2.24) is 4.90 Å². The molecular formula is C33H25ClN2O7S. The van der Waals surface area contributed by atoms with Gasteiger partial charge in [0.25, 0.3) is 5.91 Å². The van der Waals surface area contributed by atoms with E-state index >= 15 is 0 Å². The van der Waals surface area contributed by atoms with Crippen molar-refractivity contribution in [2.45, 2.75) is 13.2 Å². The van der Waals surface area contributed by atoms with E-state index in [9.17, 15) is 24.6 Å². The molecule has 1 saturated heterocycles. The zero-order valence-electron chi connectivity index (χ0n) is 23.3. The zero-order chi connectivity index (χ0) is 31.2. The summed E-state index contributed by atoms with van der Waals surface area (Å²) in [7, 11) is 1.47. The summed E-state index contributed by atoms with van der Waals surface area (Å²) in [6, 6.07) is 25.3. The Balaban J connectivity index is 1.42. The highest BCUT2D eigenvalue weighted by Gasteiger charge is 2.33. The average molecular weight is 629 g/mol. The van der Waals surface area contributed by atoms with Gasteiger partial charge in [-0.1, -0.05) is 54.1 Å². The Labute approximate surface area is 262 Å². The highest BCUT2D eigenvalue weighted by molar-refractivity contribution is 8.18. The summed E-state index contributed by atoms with van der Waals surface area (Å²) < 4.78 is 11.4. The molecule has 0 atom stereocenters. The fourth-order valence-corrected chi connectivity index (χ4v) is 5.61. The molecular weight excluding hydrogens is 604 g/mol. The van der Waals surface area contributed by atoms with E-state index in [4.69, 9.17) is 26.1 Å². The minimum absolute atomic E-state index is 0.0632. The summed E-state index contributed by atoms with van der Waals surface area (Å²) in [6.45, 7) is 0.252. The number of aromatic carboxylic acids is 2. The first-order chi connectivity index (χ1) is 21.2. The molecule has 0 aromatic heterocycles. The number of halogens is 1. The van der Waals surface area contributed by atoms with Gasteiger partial charge in [0.15, 0.2) is 16.7 Å². The predicted molar refractivity (Wildman–Crippen MR) is 169 cm³/mol. The minimum Gasteiger partial charge on any atom is -0.493 e. The number of para-hydroxylation sites is 1. The molecule has 0 radical (unpaired) electrons. The monoisotopic (exact) mass is 628 g/mol. The fraction of sp³-hybridized carbons (Fsp3) is 0.0909. The maximum Gasteiger partial charge on any atom is 0.335 e. The Morgan fingerprint density at radius 2 is 1.64 bits per heavy atom. The summed E-state index contributed by atoms with van der Waals surface area (Å²) in [4.78, 5) is 42.9. The number of methoxy groups -OCH3 is 1. The quantitative estimate of drug-likeness (QED) is 0.178. The van der Waals surface area contributed by atoms with Gasteiger partial charge < -0.3 is 19.7 Å². The van der Waals surface area contributed by atoms with E-state index in [2.05, 4.69) is 0 Å². The van der Waals surface area contributed by atoms with E-state index in [1.807, 2.05) is 30.3 Å². The van der Waals surface area contributed by atoms with Gasteiger partial charge in [0.2, 0.25) is 0 Å². The Kier molecular flexibility index (Phi) is 9.32. The van der Waals surface area contributed by atoms with E-state index in [0.29, 0.717) is 32.6 Å². The Hall–Kier alpha value is -5.06. The van der Waals surface area contributed by atoms with Gasteiger partial charge >= 0.3 is 11.9 Å². The number of amides is 1. The molecule has 1 fully saturated rings. The molecule has 1 heterocycles. The third-order valence-electron chi connectivity index (χ3n) is 6.52. The molecule has 0 spiro atoms. The molecule has 4 aromatic rings. The van der Waals surface area contributed by atoms with Gasteiger partial charge in [-0.3, -0.25) is 9.69 Å². The highest BCUT2D eigenvalue weighted by Crippen LogP contribution is 2.40. The Bertz CT molecular complexity index is 1790. The van der Waals surface area contributed by atoms with E-state index in [1.54, 1.807) is 47.4 Å². The van der Waals surface area contributed by atoms with Crippen LogP contribution < -0.4 is 9.47 Å². The van der Waals surface area contributed by atoms with Crippen LogP contribution in [0.1, 0.15) is 37.4 Å². The average Bonchev–Trinajstić information content (AvgIpc) is 3.29. The predicted octanol–water partition coefficient (Wildman–Crippen LogP) is 7.13. The lowest BCUT2D eigenvalue weighted by molar-refractivity contribution is -0.122. The number of rotatable bonds is 10. The maximum atomic E-state index is 13.7. The van der Waals surface area contributed by atoms with Crippen molar-refractivity contribution in [2.24, 2.45) is 4.99 Å². The van der Waals surface area contributed by atoms with Crippen molar-refractivity contribution < 1.29 is 34.1 Å². The van der Waals surface area contributed by atoms with Gasteiger partial charge in [-0.2, -0.15) is 0 Å². The molecule has 9 nitrogen and oxygen atoms in total. The van der Waals surface area contributed by atoms with Gasteiger partial charge in [0.1, 0.15) is 6.61 Å². The second-order valence-electron chi connectivity index (χ2n) is 9.56. The number of hydrogen-bond donors (Lipinski definition) is 2. The van der Waals surface area contributed by atoms with E-state index in [0.717, 1.165) is 5.56 Å². The van der Waals surface area contributed by atoms with Crippen molar-refractivity contribution in [1.29, 1.82) is 0 Å². The minimum atomic E-state index is -1.04. The lowest BCUT2D eigenvalue weighted by Crippen LogP contribution is -2.28.